The molecule has 0 atom stereocenters. The Balaban J connectivity index is 1.92. The van der Waals surface area contributed by atoms with Gasteiger partial charge < -0.3 is 9.64 Å². The van der Waals surface area contributed by atoms with Gasteiger partial charge >= 0.3 is 0 Å². The number of anilines is 1. The lowest BCUT2D eigenvalue weighted by molar-refractivity contribution is 0.323. The fraction of sp³-hybridized carbons (Fsp3) is 0.333. The van der Waals surface area contributed by atoms with Crippen molar-refractivity contribution in [1.82, 2.24) is 0 Å². The van der Waals surface area contributed by atoms with E-state index in [4.69, 9.17) is 16.3 Å². The highest BCUT2D eigenvalue weighted by Crippen LogP contribution is 2.23. The van der Waals surface area contributed by atoms with Crippen LogP contribution in [0.15, 0.2) is 54.6 Å². The van der Waals surface area contributed by atoms with Gasteiger partial charge in [-0.1, -0.05) is 55.3 Å². The van der Waals surface area contributed by atoms with Crippen molar-refractivity contribution in [3.05, 3.63) is 59.6 Å². The fourth-order valence-corrected chi connectivity index (χ4v) is 2.38. The van der Waals surface area contributed by atoms with E-state index in [1.54, 1.807) is 0 Å². The normalized spacial score (nSPS) is 10.4. The number of hydrogen-bond donors (Lipinski definition) is 0. The zero-order valence-electron chi connectivity index (χ0n) is 12.5. The van der Waals surface area contributed by atoms with E-state index in [9.17, 15) is 0 Å². The highest BCUT2D eigenvalue weighted by atomic mass is 35.5. The Morgan fingerprint density at radius 2 is 1.67 bits per heavy atom. The monoisotopic (exact) mass is 303 g/mol. The van der Waals surface area contributed by atoms with Gasteiger partial charge in [-0.3, -0.25) is 0 Å². The van der Waals surface area contributed by atoms with Gasteiger partial charge in [-0.25, -0.2) is 0 Å². The first-order chi connectivity index (χ1) is 10.3. The standard InChI is InChI=1S/C18H22ClNO/c1-2-3-13-20(16-9-5-4-6-10-16)14-15-21-18-12-8-7-11-17(18)19/h4-12H,2-3,13-15H2,1H3. The Kier molecular flexibility index (Phi) is 6.42. The highest BCUT2D eigenvalue weighted by molar-refractivity contribution is 6.32. The topological polar surface area (TPSA) is 12.5 Å². The van der Waals surface area contributed by atoms with Crippen molar-refractivity contribution >= 4 is 17.3 Å². The van der Waals surface area contributed by atoms with Crippen LogP contribution in [-0.2, 0) is 0 Å². The summed E-state index contributed by atoms with van der Waals surface area (Å²) >= 11 is 6.10. The summed E-state index contributed by atoms with van der Waals surface area (Å²) in [6, 6.07) is 18.1. The molecule has 0 fully saturated rings. The lowest BCUT2D eigenvalue weighted by atomic mass is 10.2. The molecule has 0 aliphatic rings. The Morgan fingerprint density at radius 1 is 0.952 bits per heavy atom. The molecule has 0 heterocycles. The number of halogens is 1. The molecule has 0 amide bonds. The Morgan fingerprint density at radius 3 is 2.38 bits per heavy atom. The van der Waals surface area contributed by atoms with Gasteiger partial charge in [0.15, 0.2) is 0 Å². The molecule has 2 aromatic carbocycles. The second kappa shape index (κ2) is 8.58. The minimum Gasteiger partial charge on any atom is -0.490 e. The van der Waals surface area contributed by atoms with E-state index >= 15 is 0 Å². The van der Waals surface area contributed by atoms with Crippen molar-refractivity contribution in [1.29, 1.82) is 0 Å². The predicted molar refractivity (Wildman–Crippen MR) is 90.5 cm³/mol. The molecule has 2 aromatic rings. The molecule has 0 unspecified atom stereocenters. The van der Waals surface area contributed by atoms with E-state index in [1.165, 1.54) is 18.5 Å². The molecule has 0 saturated heterocycles. The van der Waals surface area contributed by atoms with Crippen LogP contribution in [0.5, 0.6) is 5.75 Å². The first-order valence-corrected chi connectivity index (χ1v) is 7.86. The number of para-hydroxylation sites is 2. The number of hydrogen-bond acceptors (Lipinski definition) is 2. The second-order valence-corrected chi connectivity index (χ2v) is 5.36. The number of ether oxygens (including phenoxy) is 1. The maximum atomic E-state index is 6.10. The van der Waals surface area contributed by atoms with Gasteiger partial charge in [-0.2, -0.15) is 0 Å². The maximum absolute atomic E-state index is 6.10. The number of rotatable bonds is 8. The van der Waals surface area contributed by atoms with Crippen LogP contribution >= 0.6 is 11.6 Å². The third kappa shape index (κ3) is 4.98. The van der Waals surface area contributed by atoms with Crippen LogP contribution in [0, 0.1) is 0 Å². The SMILES string of the molecule is CCCCN(CCOc1ccccc1Cl)c1ccccc1. The third-order valence-corrected chi connectivity index (χ3v) is 3.67. The van der Waals surface area contributed by atoms with Gasteiger partial charge in [0, 0.05) is 12.2 Å². The molecule has 0 aliphatic carbocycles. The molecule has 2 nitrogen and oxygen atoms in total. The van der Waals surface area contributed by atoms with Crippen LogP contribution in [-0.4, -0.2) is 19.7 Å². The highest BCUT2D eigenvalue weighted by Gasteiger charge is 2.06. The number of benzene rings is 2. The van der Waals surface area contributed by atoms with Gasteiger partial charge in [0.2, 0.25) is 0 Å². The molecule has 0 spiro atoms. The van der Waals surface area contributed by atoms with Crippen LogP contribution in [0.2, 0.25) is 5.02 Å². The lowest BCUT2D eigenvalue weighted by Crippen LogP contribution is -2.29. The van der Waals surface area contributed by atoms with E-state index in [-0.39, 0.29) is 0 Å². The van der Waals surface area contributed by atoms with Crippen LogP contribution < -0.4 is 9.64 Å². The van der Waals surface area contributed by atoms with Crippen LogP contribution in [0.4, 0.5) is 5.69 Å². The molecule has 0 radical (unpaired) electrons. The van der Waals surface area contributed by atoms with Crippen LogP contribution in [0.3, 0.4) is 0 Å². The van der Waals surface area contributed by atoms with Crippen molar-refractivity contribution < 1.29 is 4.74 Å². The molecule has 2 rings (SSSR count). The summed E-state index contributed by atoms with van der Waals surface area (Å²) in [6.07, 6.45) is 2.37. The average Bonchev–Trinajstić information content (AvgIpc) is 2.53. The predicted octanol–water partition coefficient (Wildman–Crippen LogP) is 5.03. The maximum Gasteiger partial charge on any atom is 0.137 e. The molecule has 0 saturated carbocycles. The van der Waals surface area contributed by atoms with Crippen molar-refractivity contribution in [3.8, 4) is 5.75 Å². The smallest absolute Gasteiger partial charge is 0.137 e. The Hall–Kier alpha value is -1.67. The first-order valence-electron chi connectivity index (χ1n) is 7.48. The van der Waals surface area contributed by atoms with Gasteiger partial charge in [0.1, 0.15) is 12.4 Å². The van der Waals surface area contributed by atoms with E-state index < -0.39 is 0 Å². The summed E-state index contributed by atoms with van der Waals surface area (Å²) < 4.78 is 5.80. The van der Waals surface area contributed by atoms with Crippen molar-refractivity contribution in [2.24, 2.45) is 0 Å². The van der Waals surface area contributed by atoms with Crippen molar-refractivity contribution in [2.45, 2.75) is 19.8 Å². The summed E-state index contributed by atoms with van der Waals surface area (Å²) in [4.78, 5) is 2.36. The summed E-state index contributed by atoms with van der Waals surface area (Å²) in [6.45, 7) is 4.74. The van der Waals surface area contributed by atoms with Gasteiger partial charge in [-0.15, -0.1) is 0 Å². The Labute approximate surface area is 132 Å². The zero-order valence-corrected chi connectivity index (χ0v) is 13.2. The molecular formula is C18H22ClNO. The molecule has 0 aliphatic heterocycles. The molecule has 21 heavy (non-hydrogen) atoms. The molecule has 0 bridgehead atoms. The minimum atomic E-state index is 0.627. The Bertz CT molecular complexity index is 530. The summed E-state index contributed by atoms with van der Waals surface area (Å²) in [7, 11) is 0. The van der Waals surface area contributed by atoms with Gasteiger partial charge in [0.25, 0.3) is 0 Å². The molecule has 112 valence electrons. The van der Waals surface area contributed by atoms with E-state index in [2.05, 4.69) is 36.1 Å². The van der Waals surface area contributed by atoms with Crippen molar-refractivity contribution in [3.63, 3.8) is 0 Å². The number of unbranched alkanes of at least 4 members (excludes halogenated alkanes) is 1. The minimum absolute atomic E-state index is 0.627. The van der Waals surface area contributed by atoms with E-state index in [1.807, 2.05) is 30.3 Å². The van der Waals surface area contributed by atoms with Crippen LogP contribution in [0.25, 0.3) is 0 Å². The zero-order chi connectivity index (χ0) is 14.9. The third-order valence-electron chi connectivity index (χ3n) is 3.36. The van der Waals surface area contributed by atoms with Gasteiger partial charge in [-0.05, 0) is 30.7 Å². The summed E-state index contributed by atoms with van der Waals surface area (Å²) in [5.41, 5.74) is 1.24. The van der Waals surface area contributed by atoms with E-state index in [0.717, 1.165) is 18.8 Å². The summed E-state index contributed by atoms with van der Waals surface area (Å²) in [5, 5.41) is 0.664. The van der Waals surface area contributed by atoms with Gasteiger partial charge in [0.05, 0.1) is 11.6 Å². The van der Waals surface area contributed by atoms with Crippen molar-refractivity contribution in [2.75, 3.05) is 24.6 Å². The molecular weight excluding hydrogens is 282 g/mol. The molecule has 3 heteroatoms. The quantitative estimate of drug-likeness (QED) is 0.678. The summed E-state index contributed by atoms with van der Waals surface area (Å²) in [5.74, 6) is 0.752. The average molecular weight is 304 g/mol. The number of nitrogens with zero attached hydrogens (tertiary/aromatic N) is 1. The van der Waals surface area contributed by atoms with Crippen LogP contribution in [0.1, 0.15) is 19.8 Å². The molecule has 0 N–H and O–H groups in total. The second-order valence-electron chi connectivity index (χ2n) is 4.96. The fourth-order valence-electron chi connectivity index (χ4n) is 2.19. The molecule has 0 aromatic heterocycles. The van der Waals surface area contributed by atoms with E-state index in [0.29, 0.717) is 11.6 Å². The first kappa shape index (κ1) is 15.7. The lowest BCUT2D eigenvalue weighted by Gasteiger charge is -2.24. The largest absolute Gasteiger partial charge is 0.490 e.